The molecule has 4 nitrogen and oxygen atoms in total. The molecule has 0 unspecified atom stereocenters. The Morgan fingerprint density at radius 3 is 2.79 bits per heavy atom. The number of carbonyl (C=O) groups is 2. The third-order valence-corrected chi connectivity index (χ3v) is 3.76. The molecule has 5 heteroatoms. The van der Waals surface area contributed by atoms with Crippen molar-refractivity contribution in [2.24, 2.45) is 0 Å². The monoisotopic (exact) mass is 270 g/mol. The topological polar surface area (TPSA) is 51.4 Å². The normalized spacial score (nSPS) is 10.8. The number of nitrogens with zero attached hydrogens (tertiary/aromatic N) is 2. The quantitative estimate of drug-likeness (QED) is 0.688. The van der Waals surface area contributed by atoms with Crippen LogP contribution in [0.4, 0.5) is 0 Å². The zero-order valence-corrected chi connectivity index (χ0v) is 11.0. The largest absolute Gasteiger partial charge is 0.294 e. The molecule has 0 atom stereocenters. The first-order valence-electron chi connectivity index (χ1n) is 5.74. The maximum Gasteiger partial charge on any atom is 0.221 e. The summed E-state index contributed by atoms with van der Waals surface area (Å²) < 4.78 is 1.53. The summed E-state index contributed by atoms with van der Waals surface area (Å²) in [4.78, 5) is 24.7. The predicted molar refractivity (Wildman–Crippen MR) is 72.9 cm³/mol. The van der Waals surface area contributed by atoms with E-state index in [1.165, 1.54) is 22.8 Å². The number of hydrogen-bond donors (Lipinski definition) is 0. The Morgan fingerprint density at radius 2 is 2.11 bits per heavy atom. The second-order valence-electron chi connectivity index (χ2n) is 4.13. The lowest BCUT2D eigenvalue weighted by atomic mass is 10.1. The van der Waals surface area contributed by atoms with E-state index >= 15 is 0 Å². The molecule has 94 valence electrons. The lowest BCUT2D eigenvalue weighted by molar-refractivity contribution is 0.101. The van der Waals surface area contributed by atoms with Crippen molar-refractivity contribution in [1.82, 2.24) is 9.61 Å². The molecular formula is C14H10N2O2S. The van der Waals surface area contributed by atoms with Gasteiger partial charge in [-0.1, -0.05) is 6.07 Å². The fraction of sp³-hybridized carbons (Fsp3) is 0.0714. The molecule has 0 N–H and O–H groups in total. The van der Waals surface area contributed by atoms with E-state index in [9.17, 15) is 9.59 Å². The molecule has 3 rings (SSSR count). The van der Waals surface area contributed by atoms with Gasteiger partial charge in [-0.05, 0) is 36.6 Å². The summed E-state index contributed by atoms with van der Waals surface area (Å²) in [7, 11) is 0. The van der Waals surface area contributed by atoms with Crippen LogP contribution in [0.2, 0.25) is 0 Å². The first-order valence-corrected chi connectivity index (χ1v) is 6.62. The minimum absolute atomic E-state index is 0.0734. The minimum Gasteiger partial charge on any atom is -0.294 e. The molecule has 0 saturated carbocycles. The standard InChI is InChI=1S/C14H10N2O2S/c1-9(17)10-8-12(14(18)13-5-3-7-19-13)16-11(10)4-2-6-15-16/h2-8H,1H3. The second kappa shape index (κ2) is 4.44. The molecule has 0 bridgehead atoms. The van der Waals surface area contributed by atoms with Gasteiger partial charge in [-0.2, -0.15) is 5.10 Å². The molecule has 0 aromatic carbocycles. The predicted octanol–water partition coefficient (Wildman–Crippen LogP) is 2.83. The van der Waals surface area contributed by atoms with Crippen LogP contribution in [0.1, 0.15) is 32.6 Å². The van der Waals surface area contributed by atoms with Crippen molar-refractivity contribution in [3.05, 3.63) is 58.0 Å². The summed E-state index contributed by atoms with van der Waals surface area (Å²) in [5.41, 5.74) is 1.60. The van der Waals surface area contributed by atoms with E-state index in [4.69, 9.17) is 0 Å². The fourth-order valence-corrected chi connectivity index (χ4v) is 2.69. The highest BCUT2D eigenvalue weighted by Gasteiger charge is 2.19. The molecule has 19 heavy (non-hydrogen) atoms. The summed E-state index contributed by atoms with van der Waals surface area (Å²) in [6.45, 7) is 1.49. The van der Waals surface area contributed by atoms with Gasteiger partial charge >= 0.3 is 0 Å². The van der Waals surface area contributed by atoms with Gasteiger partial charge in [-0.3, -0.25) is 9.59 Å². The molecule has 3 heterocycles. The fourth-order valence-electron chi connectivity index (χ4n) is 2.02. The van der Waals surface area contributed by atoms with Crippen LogP contribution in [0.5, 0.6) is 0 Å². The Labute approximate surface area is 113 Å². The van der Waals surface area contributed by atoms with E-state index in [0.717, 1.165) is 0 Å². The van der Waals surface area contributed by atoms with Crippen LogP contribution in [-0.2, 0) is 0 Å². The Morgan fingerprint density at radius 1 is 1.26 bits per heavy atom. The van der Waals surface area contributed by atoms with Crippen LogP contribution in [0, 0.1) is 0 Å². The summed E-state index contributed by atoms with van der Waals surface area (Å²) >= 11 is 1.38. The van der Waals surface area contributed by atoms with Crippen molar-refractivity contribution in [2.45, 2.75) is 6.92 Å². The van der Waals surface area contributed by atoms with Gasteiger partial charge in [0, 0.05) is 11.8 Å². The highest BCUT2D eigenvalue weighted by molar-refractivity contribution is 7.12. The Kier molecular flexibility index (Phi) is 2.76. The third kappa shape index (κ3) is 1.88. The van der Waals surface area contributed by atoms with Gasteiger partial charge in [0.2, 0.25) is 5.78 Å². The smallest absolute Gasteiger partial charge is 0.221 e. The summed E-state index contributed by atoms with van der Waals surface area (Å²) in [5, 5.41) is 6.01. The number of thiophene rings is 1. The van der Waals surface area contributed by atoms with Crippen LogP contribution in [0.25, 0.3) is 5.52 Å². The van der Waals surface area contributed by atoms with Crippen LogP contribution in [-0.4, -0.2) is 21.2 Å². The first-order chi connectivity index (χ1) is 9.18. The number of aromatic nitrogens is 2. The SMILES string of the molecule is CC(=O)c1cc(C(=O)c2cccs2)n2ncccc12. The average Bonchev–Trinajstić information content (AvgIpc) is 3.05. The number of hydrogen-bond acceptors (Lipinski definition) is 4. The number of fused-ring (bicyclic) bond motifs is 1. The molecule has 3 aromatic heterocycles. The summed E-state index contributed by atoms with van der Waals surface area (Å²) in [6, 6.07) is 8.75. The number of carbonyl (C=O) groups excluding carboxylic acids is 2. The molecule has 0 aliphatic carbocycles. The zero-order chi connectivity index (χ0) is 13.4. The maximum absolute atomic E-state index is 12.4. The lowest BCUT2D eigenvalue weighted by Crippen LogP contribution is -2.05. The van der Waals surface area contributed by atoms with E-state index in [0.29, 0.717) is 21.7 Å². The van der Waals surface area contributed by atoms with Crippen LogP contribution in [0.3, 0.4) is 0 Å². The molecule has 3 aromatic rings. The van der Waals surface area contributed by atoms with E-state index in [-0.39, 0.29) is 11.6 Å². The highest BCUT2D eigenvalue weighted by Crippen LogP contribution is 2.21. The van der Waals surface area contributed by atoms with E-state index in [1.54, 1.807) is 30.5 Å². The van der Waals surface area contributed by atoms with Crippen molar-refractivity contribution < 1.29 is 9.59 Å². The molecule has 0 radical (unpaired) electrons. The molecule has 0 amide bonds. The lowest BCUT2D eigenvalue weighted by Gasteiger charge is -1.98. The van der Waals surface area contributed by atoms with E-state index in [1.807, 2.05) is 11.4 Å². The molecule has 0 aliphatic heterocycles. The molecular weight excluding hydrogens is 260 g/mol. The van der Waals surface area contributed by atoms with Crippen LogP contribution < -0.4 is 0 Å². The Balaban J connectivity index is 2.25. The molecule has 0 fully saturated rings. The van der Waals surface area contributed by atoms with E-state index in [2.05, 4.69) is 5.10 Å². The van der Waals surface area contributed by atoms with Crippen LogP contribution >= 0.6 is 11.3 Å². The van der Waals surface area contributed by atoms with Gasteiger partial charge in [0.05, 0.1) is 10.4 Å². The Bertz CT molecular complexity index is 772. The molecule has 0 saturated heterocycles. The van der Waals surface area contributed by atoms with Crippen LogP contribution in [0.15, 0.2) is 41.9 Å². The zero-order valence-electron chi connectivity index (χ0n) is 10.2. The minimum atomic E-state index is -0.115. The number of rotatable bonds is 3. The van der Waals surface area contributed by atoms with Gasteiger partial charge in [0.25, 0.3) is 0 Å². The van der Waals surface area contributed by atoms with E-state index < -0.39 is 0 Å². The summed E-state index contributed by atoms with van der Waals surface area (Å²) in [5.74, 6) is -0.188. The average molecular weight is 270 g/mol. The maximum atomic E-state index is 12.4. The van der Waals surface area contributed by atoms with Crippen molar-refractivity contribution in [2.75, 3.05) is 0 Å². The molecule has 0 aliphatic rings. The van der Waals surface area contributed by atoms with Crippen molar-refractivity contribution >= 4 is 28.4 Å². The van der Waals surface area contributed by atoms with Crippen molar-refractivity contribution in [1.29, 1.82) is 0 Å². The van der Waals surface area contributed by atoms with Gasteiger partial charge in [-0.15, -0.1) is 11.3 Å². The Hall–Kier alpha value is -2.27. The summed E-state index contributed by atoms with van der Waals surface area (Å²) in [6.07, 6.45) is 1.60. The van der Waals surface area contributed by atoms with Gasteiger partial charge < -0.3 is 0 Å². The molecule has 0 spiro atoms. The van der Waals surface area contributed by atoms with Gasteiger partial charge in [0.15, 0.2) is 5.78 Å². The van der Waals surface area contributed by atoms with Gasteiger partial charge in [0.1, 0.15) is 5.69 Å². The first kappa shape index (κ1) is 11.8. The number of ketones is 2. The second-order valence-corrected chi connectivity index (χ2v) is 5.07. The van der Waals surface area contributed by atoms with Crippen molar-refractivity contribution in [3.63, 3.8) is 0 Å². The highest BCUT2D eigenvalue weighted by atomic mass is 32.1. The van der Waals surface area contributed by atoms with Crippen molar-refractivity contribution in [3.8, 4) is 0 Å². The number of Topliss-reactive ketones (excluding diaryl/α,β-unsaturated/α-hetero) is 1. The van der Waals surface area contributed by atoms with Gasteiger partial charge in [-0.25, -0.2) is 4.52 Å². The third-order valence-electron chi connectivity index (χ3n) is 2.89.